The Morgan fingerprint density at radius 1 is 1.26 bits per heavy atom. The van der Waals surface area contributed by atoms with Crippen LogP contribution in [0.4, 0.5) is 0 Å². The second kappa shape index (κ2) is 8.19. The van der Waals surface area contributed by atoms with Crippen LogP contribution in [0.15, 0.2) is 28.4 Å². The molecule has 0 spiro atoms. The molecule has 0 radical (unpaired) electrons. The van der Waals surface area contributed by atoms with E-state index in [4.69, 9.17) is 18.9 Å². The lowest BCUT2D eigenvalue weighted by Gasteiger charge is -2.56. The topological polar surface area (TPSA) is 71.1 Å². The van der Waals surface area contributed by atoms with Crippen molar-refractivity contribution >= 4 is 43.6 Å². The Morgan fingerprint density at radius 2 is 2.00 bits per heavy atom. The number of methoxy groups -OCH3 is 2. The Kier molecular flexibility index (Phi) is 6.03. The van der Waals surface area contributed by atoms with E-state index in [0.717, 1.165) is 23.3 Å². The van der Waals surface area contributed by atoms with Gasteiger partial charge in [0.15, 0.2) is 23.8 Å². The van der Waals surface area contributed by atoms with E-state index in [-0.39, 0.29) is 12.4 Å². The minimum absolute atomic E-state index is 0.175. The van der Waals surface area contributed by atoms with Gasteiger partial charge in [-0.1, -0.05) is 41.9 Å². The van der Waals surface area contributed by atoms with Crippen LogP contribution in [0.3, 0.4) is 0 Å². The second-order valence-electron chi connectivity index (χ2n) is 8.73. The van der Waals surface area contributed by atoms with E-state index in [1.54, 1.807) is 14.2 Å². The van der Waals surface area contributed by atoms with Gasteiger partial charge in [-0.3, -0.25) is 4.79 Å². The number of hydrogen-bond acceptors (Lipinski definition) is 6. The molecule has 0 unspecified atom stereocenters. The number of fused-ring (bicyclic) bond motifs is 4. The molecular weight excluding hydrogens is 532 g/mol. The summed E-state index contributed by atoms with van der Waals surface area (Å²) in [6.07, 6.45) is 1.20. The molecule has 1 heterocycles. The van der Waals surface area contributed by atoms with E-state index in [1.165, 1.54) is 0 Å². The summed E-state index contributed by atoms with van der Waals surface area (Å²) in [5.41, 5.74) is 0.743. The molecule has 8 heteroatoms. The number of halogens is 2. The van der Waals surface area contributed by atoms with Crippen LogP contribution in [-0.2, 0) is 30.2 Å². The minimum Gasteiger partial charge on any atom is -0.496 e. The van der Waals surface area contributed by atoms with E-state index in [2.05, 4.69) is 45.7 Å². The van der Waals surface area contributed by atoms with Crippen LogP contribution in [0.5, 0.6) is 5.75 Å². The Labute approximate surface area is 198 Å². The van der Waals surface area contributed by atoms with Gasteiger partial charge >= 0.3 is 5.97 Å². The second-order valence-corrected chi connectivity index (χ2v) is 10.8. The molecule has 1 saturated heterocycles. The van der Waals surface area contributed by atoms with Crippen molar-refractivity contribution in [3.63, 3.8) is 0 Å². The van der Waals surface area contributed by atoms with Crippen LogP contribution in [-0.4, -0.2) is 42.5 Å². The largest absolute Gasteiger partial charge is 0.496 e. The zero-order valence-corrected chi connectivity index (χ0v) is 21.2. The SMILES string of the molecule is COc1cccc2c1C[C@H]1[C@](Br)(C(=O)C(Br)=C3OCC(=O)O[C@]31CCC(C)C)[C@@H]2OC. The summed E-state index contributed by atoms with van der Waals surface area (Å²) in [6.45, 7) is 4.02. The molecule has 2 aliphatic carbocycles. The highest BCUT2D eigenvalue weighted by Crippen LogP contribution is 2.62. The lowest BCUT2D eigenvalue weighted by Crippen LogP contribution is -2.66. The van der Waals surface area contributed by atoms with Crippen LogP contribution in [0.25, 0.3) is 0 Å². The predicted octanol–water partition coefficient (Wildman–Crippen LogP) is 4.63. The first-order valence-corrected chi connectivity index (χ1v) is 12.0. The Hall–Kier alpha value is -1.38. The van der Waals surface area contributed by atoms with Crippen molar-refractivity contribution in [2.75, 3.05) is 20.8 Å². The number of esters is 1. The maximum atomic E-state index is 13.7. The van der Waals surface area contributed by atoms with Gasteiger partial charge in [0, 0.05) is 18.6 Å². The number of hydrogen-bond donors (Lipinski definition) is 0. The number of ketones is 1. The lowest BCUT2D eigenvalue weighted by molar-refractivity contribution is -0.195. The van der Waals surface area contributed by atoms with Crippen molar-refractivity contribution in [3.8, 4) is 5.75 Å². The van der Waals surface area contributed by atoms with Crippen molar-refractivity contribution in [3.05, 3.63) is 39.6 Å². The average Bonchev–Trinajstić information content (AvgIpc) is 2.75. The number of ether oxygens (including phenoxy) is 4. The maximum absolute atomic E-state index is 13.7. The zero-order valence-electron chi connectivity index (χ0n) is 18.0. The predicted molar refractivity (Wildman–Crippen MR) is 121 cm³/mol. The van der Waals surface area contributed by atoms with Crippen LogP contribution >= 0.6 is 31.9 Å². The Bertz CT molecular complexity index is 957. The zero-order chi connectivity index (χ0) is 22.6. The molecule has 4 atom stereocenters. The Balaban J connectivity index is 1.98. The first-order chi connectivity index (χ1) is 14.7. The number of carbonyl (C=O) groups is 2. The number of allylic oxidation sites excluding steroid dienone is 1. The van der Waals surface area contributed by atoms with Gasteiger partial charge in [-0.15, -0.1) is 0 Å². The molecule has 168 valence electrons. The Morgan fingerprint density at radius 3 is 2.65 bits per heavy atom. The monoisotopic (exact) mass is 556 g/mol. The van der Waals surface area contributed by atoms with Crippen molar-refractivity contribution in [1.29, 1.82) is 0 Å². The molecule has 1 aliphatic heterocycles. The van der Waals surface area contributed by atoms with Crippen molar-refractivity contribution in [2.45, 2.75) is 49.1 Å². The van der Waals surface area contributed by atoms with Gasteiger partial charge in [0.1, 0.15) is 20.7 Å². The molecule has 1 aromatic rings. The third-order valence-corrected chi connectivity index (χ3v) is 8.67. The number of alkyl halides is 1. The fourth-order valence-electron chi connectivity index (χ4n) is 5.20. The molecule has 4 rings (SSSR count). The van der Waals surface area contributed by atoms with Gasteiger partial charge in [-0.2, -0.15) is 0 Å². The van der Waals surface area contributed by atoms with Crippen LogP contribution in [0.1, 0.15) is 43.9 Å². The maximum Gasteiger partial charge on any atom is 0.345 e. The summed E-state index contributed by atoms with van der Waals surface area (Å²) >= 11 is 7.30. The third-order valence-electron chi connectivity index (χ3n) is 6.62. The van der Waals surface area contributed by atoms with E-state index < -0.39 is 27.9 Å². The highest BCUT2D eigenvalue weighted by Gasteiger charge is 2.69. The van der Waals surface area contributed by atoms with Crippen molar-refractivity contribution in [2.24, 2.45) is 11.8 Å². The quantitative estimate of drug-likeness (QED) is 0.388. The summed E-state index contributed by atoms with van der Waals surface area (Å²) in [7, 11) is 3.21. The van der Waals surface area contributed by atoms with Crippen LogP contribution in [0.2, 0.25) is 0 Å². The molecule has 6 nitrogen and oxygen atoms in total. The molecule has 3 aliphatic rings. The van der Waals surface area contributed by atoms with E-state index in [0.29, 0.717) is 29.0 Å². The van der Waals surface area contributed by atoms with Crippen LogP contribution < -0.4 is 4.74 Å². The molecule has 0 amide bonds. The molecule has 0 aromatic heterocycles. The van der Waals surface area contributed by atoms with Gasteiger partial charge < -0.3 is 18.9 Å². The fourth-order valence-corrected chi connectivity index (χ4v) is 7.41. The molecule has 31 heavy (non-hydrogen) atoms. The van der Waals surface area contributed by atoms with Gasteiger partial charge in [0.25, 0.3) is 0 Å². The van der Waals surface area contributed by atoms with Crippen molar-refractivity contribution in [1.82, 2.24) is 0 Å². The summed E-state index contributed by atoms with van der Waals surface area (Å²) in [4.78, 5) is 26.3. The summed E-state index contributed by atoms with van der Waals surface area (Å²) < 4.78 is 22.7. The minimum atomic E-state index is -1.14. The summed E-state index contributed by atoms with van der Waals surface area (Å²) in [5, 5.41) is 0. The molecule has 0 N–H and O–H groups in total. The molecule has 1 fully saturated rings. The fraction of sp³-hybridized carbons (Fsp3) is 0.565. The molecular formula is C23H26Br2O6. The van der Waals surface area contributed by atoms with E-state index in [9.17, 15) is 9.59 Å². The first-order valence-electron chi connectivity index (χ1n) is 10.4. The first kappa shape index (κ1) is 22.8. The van der Waals surface area contributed by atoms with Gasteiger partial charge in [-0.05, 0) is 52.7 Å². The number of rotatable bonds is 5. The lowest BCUT2D eigenvalue weighted by atomic mass is 9.60. The highest BCUT2D eigenvalue weighted by atomic mass is 79.9. The number of benzene rings is 1. The molecule has 1 aromatic carbocycles. The summed E-state index contributed by atoms with van der Waals surface area (Å²) in [6, 6.07) is 5.74. The smallest absolute Gasteiger partial charge is 0.345 e. The van der Waals surface area contributed by atoms with Gasteiger partial charge in [0.2, 0.25) is 0 Å². The number of carbonyl (C=O) groups excluding carboxylic acids is 2. The van der Waals surface area contributed by atoms with Crippen LogP contribution in [0, 0.1) is 11.8 Å². The van der Waals surface area contributed by atoms with Gasteiger partial charge in [-0.25, -0.2) is 4.79 Å². The molecule has 0 saturated carbocycles. The van der Waals surface area contributed by atoms with E-state index >= 15 is 0 Å². The standard InChI is InChI=1S/C23H26Br2O6/c1-12(2)8-9-22-16-10-14-13(6-5-7-15(14)28-3)20(29-4)23(16,25)19(27)18(24)21(22)30-11-17(26)31-22/h5-7,12,16,20H,8-11H2,1-4H3/t16-,20-,22+,23+/m1/s1. The normalized spacial score (nSPS) is 32.1. The van der Waals surface area contributed by atoms with Crippen molar-refractivity contribution < 1.29 is 28.5 Å². The highest BCUT2D eigenvalue weighted by molar-refractivity contribution is 9.12. The average molecular weight is 558 g/mol. The number of Topliss-reactive ketones (excluding diaryl/α,β-unsaturated/α-hetero) is 1. The third kappa shape index (κ3) is 3.28. The van der Waals surface area contributed by atoms with Gasteiger partial charge in [0.05, 0.1) is 7.11 Å². The molecule has 0 bridgehead atoms. The van der Waals surface area contributed by atoms with E-state index in [1.807, 2.05) is 18.2 Å². The summed E-state index contributed by atoms with van der Waals surface area (Å²) in [5.74, 6) is 0.453.